The van der Waals surface area contributed by atoms with Gasteiger partial charge in [-0.15, -0.1) is 0 Å². The lowest BCUT2D eigenvalue weighted by Crippen LogP contribution is -2.55. The van der Waals surface area contributed by atoms with Crippen molar-refractivity contribution in [2.45, 2.75) is 24.4 Å². The van der Waals surface area contributed by atoms with Gasteiger partial charge in [-0.2, -0.15) is 0 Å². The van der Waals surface area contributed by atoms with Crippen LogP contribution in [0.5, 0.6) is 0 Å². The van der Waals surface area contributed by atoms with E-state index in [-0.39, 0.29) is 13.2 Å². The predicted octanol–water partition coefficient (Wildman–Crippen LogP) is -3.03. The second-order valence-corrected chi connectivity index (χ2v) is 2.66. The largest absolute Gasteiger partial charge is 0.426 e. The standard InChI is InChI=1S/C6H12O5/c7-1-4-6(10)5(9)3(8)2-11-4/h3-10H,1-2H2/p+1/t3-,4?,5-,6-/m1/s1. The smallest absolute Gasteiger partial charge is 0.207 e. The Morgan fingerprint density at radius 2 is 1.82 bits per heavy atom. The van der Waals surface area contributed by atoms with Crippen LogP contribution in [-0.4, -0.2) is 62.8 Å². The van der Waals surface area contributed by atoms with Gasteiger partial charge in [0.2, 0.25) is 6.10 Å². The fourth-order valence-electron chi connectivity index (χ4n) is 1.08. The van der Waals surface area contributed by atoms with Gasteiger partial charge < -0.3 is 25.2 Å². The Morgan fingerprint density at radius 1 is 1.18 bits per heavy atom. The molecule has 0 spiro atoms. The summed E-state index contributed by atoms with van der Waals surface area (Å²) in [6.45, 7) is -0.228. The molecule has 0 aromatic heterocycles. The van der Waals surface area contributed by atoms with E-state index in [2.05, 4.69) is 4.74 Å². The van der Waals surface area contributed by atoms with Crippen molar-refractivity contribution in [1.29, 1.82) is 0 Å². The molecule has 0 aromatic carbocycles. The second-order valence-electron chi connectivity index (χ2n) is 2.66. The minimum absolute atomic E-state index is 0.0729. The van der Waals surface area contributed by atoms with Crippen LogP contribution in [0.4, 0.5) is 0 Å². The van der Waals surface area contributed by atoms with Gasteiger partial charge in [0.05, 0.1) is 0 Å². The maximum atomic E-state index is 9.14. The summed E-state index contributed by atoms with van der Waals surface area (Å²) in [7, 11) is 0. The molecule has 1 saturated heterocycles. The molecule has 0 aliphatic carbocycles. The fourth-order valence-corrected chi connectivity index (χ4v) is 1.08. The van der Waals surface area contributed by atoms with Crippen LogP contribution in [0.1, 0.15) is 0 Å². The van der Waals surface area contributed by atoms with E-state index in [9.17, 15) is 0 Å². The topological polar surface area (TPSA) is 93.7 Å². The van der Waals surface area contributed by atoms with E-state index in [1.807, 2.05) is 0 Å². The summed E-state index contributed by atoms with van der Waals surface area (Å²) in [5, 5.41) is 35.8. The van der Waals surface area contributed by atoms with Crippen LogP contribution in [0.15, 0.2) is 0 Å². The zero-order chi connectivity index (χ0) is 8.43. The molecule has 5 N–H and O–H groups in total. The molecule has 0 amide bonds. The van der Waals surface area contributed by atoms with Gasteiger partial charge in [0.1, 0.15) is 12.7 Å². The van der Waals surface area contributed by atoms with E-state index in [4.69, 9.17) is 20.4 Å². The molecule has 0 aromatic rings. The van der Waals surface area contributed by atoms with Gasteiger partial charge in [-0.3, -0.25) is 0 Å². The van der Waals surface area contributed by atoms with Gasteiger partial charge in [0.25, 0.3) is 0 Å². The molecule has 1 fully saturated rings. The van der Waals surface area contributed by atoms with Crippen molar-refractivity contribution in [3.8, 4) is 0 Å². The van der Waals surface area contributed by atoms with Crippen molar-refractivity contribution in [3.05, 3.63) is 0 Å². The first kappa shape index (κ1) is 8.89. The van der Waals surface area contributed by atoms with Crippen LogP contribution in [0, 0.1) is 0 Å². The molecule has 0 radical (unpaired) electrons. The minimum atomic E-state index is -1.19. The normalized spacial score (nSPS) is 45.8. The summed E-state index contributed by atoms with van der Waals surface area (Å²) in [4.78, 5) is 0. The molecule has 5 nitrogen and oxygen atoms in total. The highest BCUT2D eigenvalue weighted by Gasteiger charge is 2.40. The Hall–Kier alpha value is -0.200. The van der Waals surface area contributed by atoms with Gasteiger partial charge in [-0.05, 0) is 0 Å². The van der Waals surface area contributed by atoms with Crippen LogP contribution in [0.25, 0.3) is 0 Å². The molecule has 1 aliphatic heterocycles. The van der Waals surface area contributed by atoms with Crippen molar-refractivity contribution >= 4 is 0 Å². The lowest BCUT2D eigenvalue weighted by molar-refractivity contribution is -0.263. The number of hydrogen-bond acceptors (Lipinski definition) is 4. The van der Waals surface area contributed by atoms with E-state index in [1.165, 1.54) is 0 Å². The van der Waals surface area contributed by atoms with Crippen LogP contribution < -0.4 is 0 Å². The first-order valence-corrected chi connectivity index (χ1v) is 3.48. The summed E-state index contributed by atoms with van der Waals surface area (Å²) >= 11 is 0. The van der Waals surface area contributed by atoms with E-state index >= 15 is 0 Å². The first-order valence-electron chi connectivity index (χ1n) is 3.48. The number of ether oxygens (including phenoxy) is 1. The van der Waals surface area contributed by atoms with Gasteiger partial charge in [0, 0.05) is 0 Å². The molecule has 5 heteroatoms. The quantitative estimate of drug-likeness (QED) is 0.311. The lowest BCUT2D eigenvalue weighted by Gasteiger charge is -2.30. The zero-order valence-electron chi connectivity index (χ0n) is 5.96. The van der Waals surface area contributed by atoms with Crippen molar-refractivity contribution in [1.82, 2.24) is 0 Å². The Kier molecular flexibility index (Phi) is 2.80. The Bertz CT molecular complexity index is 126. The Balaban J connectivity index is 2.52. The molecule has 4 atom stereocenters. The van der Waals surface area contributed by atoms with Crippen molar-refractivity contribution in [3.63, 3.8) is 0 Å². The van der Waals surface area contributed by atoms with Crippen molar-refractivity contribution < 1.29 is 25.2 Å². The highest BCUT2D eigenvalue weighted by Crippen LogP contribution is 2.12. The molecule has 1 rings (SSSR count). The average Bonchev–Trinajstić information content (AvgIpc) is 2.01. The molecule has 0 saturated carbocycles. The Morgan fingerprint density at radius 3 is 2.36 bits per heavy atom. The fraction of sp³-hybridized carbons (Fsp3) is 1.00. The molecule has 1 aliphatic rings. The molecule has 0 bridgehead atoms. The highest BCUT2D eigenvalue weighted by molar-refractivity contribution is 4.84. The monoisotopic (exact) mass is 165 g/mol. The third-order valence-electron chi connectivity index (χ3n) is 1.85. The van der Waals surface area contributed by atoms with E-state index < -0.39 is 24.4 Å². The summed E-state index contributed by atoms with van der Waals surface area (Å²) < 4.78 is 3.75. The maximum absolute atomic E-state index is 9.14. The zero-order valence-corrected chi connectivity index (χ0v) is 5.96. The summed E-state index contributed by atoms with van der Waals surface area (Å²) in [6, 6.07) is 0. The summed E-state index contributed by atoms with van der Waals surface area (Å²) in [5.41, 5.74) is 0. The van der Waals surface area contributed by atoms with Crippen molar-refractivity contribution in [2.75, 3.05) is 13.2 Å². The van der Waals surface area contributed by atoms with Crippen LogP contribution in [0.2, 0.25) is 0 Å². The third-order valence-corrected chi connectivity index (χ3v) is 1.85. The molecular formula is C6H13O5+. The van der Waals surface area contributed by atoms with Crippen molar-refractivity contribution in [2.24, 2.45) is 0 Å². The Labute approximate surface area is 63.8 Å². The van der Waals surface area contributed by atoms with Crippen LogP contribution in [0.3, 0.4) is 0 Å². The van der Waals surface area contributed by atoms with E-state index in [0.717, 1.165) is 0 Å². The number of aliphatic hydroxyl groups is 6. The van der Waals surface area contributed by atoms with Gasteiger partial charge in [-0.25, -0.2) is 0 Å². The maximum Gasteiger partial charge on any atom is 0.207 e. The van der Waals surface area contributed by atoms with Crippen LogP contribution >= 0.6 is 0 Å². The van der Waals surface area contributed by atoms with Gasteiger partial charge in [0.15, 0.2) is 18.8 Å². The molecule has 1 unspecified atom stereocenters. The van der Waals surface area contributed by atoms with Crippen LogP contribution in [-0.2, 0) is 0 Å². The average molecular weight is 165 g/mol. The summed E-state index contributed by atoms with van der Waals surface area (Å²) in [6.07, 6.45) is -4.01. The van der Waals surface area contributed by atoms with E-state index in [0.29, 0.717) is 0 Å². The molecule has 1 heterocycles. The molecule has 66 valence electrons. The minimum Gasteiger partial charge on any atom is -0.426 e. The number of rotatable bonds is 1. The molecule has 11 heavy (non-hydrogen) atoms. The highest BCUT2D eigenvalue weighted by atomic mass is 16.5. The number of aliphatic hydroxyl groups excluding tert-OH is 4. The first-order chi connectivity index (χ1) is 5.16. The lowest BCUT2D eigenvalue weighted by atomic mass is 10.0. The predicted molar refractivity (Wildman–Crippen MR) is 36.0 cm³/mol. The van der Waals surface area contributed by atoms with E-state index in [1.54, 1.807) is 0 Å². The third kappa shape index (κ3) is 1.69. The SMILES string of the molecule is OCC1[OH+]C[C@@H](O)[C@@H](O)[C@@H]1O. The number of hydrogen-bond donors (Lipinski definition) is 4. The second kappa shape index (κ2) is 3.46. The van der Waals surface area contributed by atoms with Gasteiger partial charge in [-0.1, -0.05) is 0 Å². The molecular weight excluding hydrogens is 152 g/mol. The summed E-state index contributed by atoms with van der Waals surface area (Å²) in [5.74, 6) is 0. The van der Waals surface area contributed by atoms with Gasteiger partial charge >= 0.3 is 0 Å².